The van der Waals surface area contributed by atoms with E-state index in [1.807, 2.05) is 12.4 Å². The molecule has 4 rings (SSSR count). The van der Waals surface area contributed by atoms with Crippen LogP contribution < -0.4 is 5.73 Å². The first-order valence-electron chi connectivity index (χ1n) is 7.62. The number of nitrogen functional groups attached to an aromatic ring is 1. The number of nitrogens with two attached hydrogens (primary N) is 1. The van der Waals surface area contributed by atoms with Crippen molar-refractivity contribution in [3.8, 4) is 0 Å². The van der Waals surface area contributed by atoms with Crippen molar-refractivity contribution >= 4 is 17.5 Å². The van der Waals surface area contributed by atoms with E-state index in [4.69, 9.17) is 10.5 Å². The summed E-state index contributed by atoms with van der Waals surface area (Å²) in [4.78, 5) is 11.1. The third kappa shape index (κ3) is 2.49. The molecule has 0 unspecified atom stereocenters. The lowest BCUT2D eigenvalue weighted by Gasteiger charge is -2.44. The van der Waals surface area contributed by atoms with Gasteiger partial charge in [-0.25, -0.2) is 14.3 Å². The van der Waals surface area contributed by atoms with Crippen LogP contribution in [0.25, 0.3) is 0 Å². The average molecular weight is 317 g/mol. The van der Waals surface area contributed by atoms with Crippen molar-refractivity contribution in [1.29, 1.82) is 0 Å². The lowest BCUT2D eigenvalue weighted by molar-refractivity contribution is -0.102. The number of hydrogen-bond donors (Lipinski definition) is 1. The van der Waals surface area contributed by atoms with Crippen LogP contribution in [0, 0.1) is 0 Å². The van der Waals surface area contributed by atoms with Gasteiger partial charge < -0.3 is 10.5 Å². The van der Waals surface area contributed by atoms with Crippen LogP contribution in [-0.2, 0) is 23.3 Å². The fourth-order valence-electron chi connectivity index (χ4n) is 3.44. The molecule has 0 saturated carbocycles. The third-order valence-electron chi connectivity index (χ3n) is 4.62. The first-order chi connectivity index (χ1) is 10.8. The van der Waals surface area contributed by atoms with Gasteiger partial charge in [0.15, 0.2) is 0 Å². The number of piperidine rings is 1. The molecule has 2 aromatic rings. The van der Waals surface area contributed by atoms with Crippen LogP contribution in [0.15, 0.2) is 17.8 Å². The zero-order chi connectivity index (χ0) is 15.0. The van der Waals surface area contributed by atoms with Crippen molar-refractivity contribution in [1.82, 2.24) is 19.2 Å². The molecule has 6 nitrogen and oxygen atoms in total. The largest absolute Gasteiger partial charge is 0.368 e. The minimum Gasteiger partial charge on any atom is -0.368 e. The zero-order valence-corrected chi connectivity index (χ0v) is 13.2. The summed E-state index contributed by atoms with van der Waals surface area (Å²) in [5.41, 5.74) is 9.02. The SMILES string of the molecule is Nc1ncc2c(n1)C1(CCN(Cc3cnsc3)CC1)OCC2. The number of hydrogen-bond acceptors (Lipinski definition) is 7. The summed E-state index contributed by atoms with van der Waals surface area (Å²) < 4.78 is 10.4. The molecule has 0 radical (unpaired) electrons. The average Bonchev–Trinajstić information content (AvgIpc) is 3.04. The molecule has 1 spiro atoms. The number of aromatic nitrogens is 3. The highest BCUT2D eigenvalue weighted by Gasteiger charge is 2.42. The van der Waals surface area contributed by atoms with Gasteiger partial charge in [0.05, 0.1) is 12.3 Å². The second-order valence-electron chi connectivity index (χ2n) is 6.00. The van der Waals surface area contributed by atoms with Gasteiger partial charge >= 0.3 is 0 Å². The smallest absolute Gasteiger partial charge is 0.220 e. The van der Waals surface area contributed by atoms with Gasteiger partial charge in [-0.15, -0.1) is 0 Å². The van der Waals surface area contributed by atoms with Crippen molar-refractivity contribution in [2.75, 3.05) is 25.4 Å². The third-order valence-corrected chi connectivity index (χ3v) is 5.25. The Morgan fingerprint density at radius 2 is 2.18 bits per heavy atom. The van der Waals surface area contributed by atoms with Crippen molar-refractivity contribution in [3.63, 3.8) is 0 Å². The second-order valence-corrected chi connectivity index (χ2v) is 6.66. The fraction of sp³-hybridized carbons (Fsp3) is 0.533. The van der Waals surface area contributed by atoms with Gasteiger partial charge in [0.2, 0.25) is 5.95 Å². The predicted octanol–water partition coefficient (Wildman–Crippen LogP) is 1.58. The van der Waals surface area contributed by atoms with E-state index in [1.165, 1.54) is 22.7 Å². The molecule has 2 N–H and O–H groups in total. The van der Waals surface area contributed by atoms with Crippen LogP contribution in [0.5, 0.6) is 0 Å². The Bertz CT molecular complexity index is 652. The first kappa shape index (κ1) is 14.0. The summed E-state index contributed by atoms with van der Waals surface area (Å²) in [5, 5.41) is 2.12. The topological polar surface area (TPSA) is 77.2 Å². The molecular weight excluding hydrogens is 298 g/mol. The summed E-state index contributed by atoms with van der Waals surface area (Å²) in [6.07, 6.45) is 6.60. The minimum atomic E-state index is -0.270. The molecular formula is C15H19N5OS. The van der Waals surface area contributed by atoms with E-state index in [-0.39, 0.29) is 5.60 Å². The number of fused-ring (bicyclic) bond motifs is 2. The van der Waals surface area contributed by atoms with E-state index in [2.05, 4.69) is 24.6 Å². The molecule has 4 heterocycles. The molecule has 1 fully saturated rings. The Kier molecular flexibility index (Phi) is 3.56. The Morgan fingerprint density at radius 1 is 1.32 bits per heavy atom. The number of anilines is 1. The highest BCUT2D eigenvalue weighted by molar-refractivity contribution is 7.03. The van der Waals surface area contributed by atoms with Gasteiger partial charge in [0.25, 0.3) is 0 Å². The van der Waals surface area contributed by atoms with E-state index >= 15 is 0 Å². The fourth-order valence-corrected chi connectivity index (χ4v) is 3.97. The van der Waals surface area contributed by atoms with Crippen LogP contribution in [0.2, 0.25) is 0 Å². The Hall–Kier alpha value is -1.57. The van der Waals surface area contributed by atoms with Crippen molar-refractivity contribution in [2.45, 2.75) is 31.4 Å². The summed E-state index contributed by atoms with van der Waals surface area (Å²) >= 11 is 1.51. The maximum atomic E-state index is 6.19. The lowest BCUT2D eigenvalue weighted by atomic mass is 9.83. The van der Waals surface area contributed by atoms with E-state index in [0.29, 0.717) is 5.95 Å². The minimum absolute atomic E-state index is 0.270. The molecule has 0 atom stereocenters. The van der Waals surface area contributed by atoms with Gasteiger partial charge in [-0.2, -0.15) is 0 Å². The normalized spacial score (nSPS) is 20.9. The Balaban J connectivity index is 1.52. The summed E-state index contributed by atoms with van der Waals surface area (Å²) in [7, 11) is 0. The Labute approximate surface area is 133 Å². The number of rotatable bonds is 2. The van der Waals surface area contributed by atoms with Crippen LogP contribution >= 0.6 is 11.5 Å². The molecule has 0 aromatic carbocycles. The molecule has 2 aliphatic rings. The molecule has 0 amide bonds. The molecule has 2 aliphatic heterocycles. The van der Waals surface area contributed by atoms with E-state index in [9.17, 15) is 0 Å². The number of likely N-dealkylation sites (tertiary alicyclic amines) is 1. The molecule has 1 saturated heterocycles. The summed E-state index contributed by atoms with van der Waals surface area (Å²) in [5.74, 6) is 0.343. The van der Waals surface area contributed by atoms with Gasteiger partial charge in [0, 0.05) is 37.4 Å². The zero-order valence-electron chi connectivity index (χ0n) is 12.4. The quantitative estimate of drug-likeness (QED) is 0.906. The van der Waals surface area contributed by atoms with Gasteiger partial charge in [-0.1, -0.05) is 0 Å². The highest BCUT2D eigenvalue weighted by Crippen LogP contribution is 2.40. The van der Waals surface area contributed by atoms with Crippen molar-refractivity contribution < 1.29 is 4.74 Å². The van der Waals surface area contributed by atoms with Gasteiger partial charge in [0.1, 0.15) is 5.60 Å². The van der Waals surface area contributed by atoms with Crippen LogP contribution in [0.1, 0.15) is 29.7 Å². The molecule has 7 heteroatoms. The van der Waals surface area contributed by atoms with Crippen LogP contribution in [-0.4, -0.2) is 38.9 Å². The number of nitrogens with zero attached hydrogens (tertiary/aromatic N) is 4. The first-order valence-corrected chi connectivity index (χ1v) is 8.45. The maximum absolute atomic E-state index is 6.19. The van der Waals surface area contributed by atoms with E-state index < -0.39 is 0 Å². The molecule has 22 heavy (non-hydrogen) atoms. The number of ether oxygens (including phenoxy) is 1. The van der Waals surface area contributed by atoms with Crippen LogP contribution in [0.3, 0.4) is 0 Å². The van der Waals surface area contributed by atoms with E-state index in [0.717, 1.165) is 51.2 Å². The van der Waals surface area contributed by atoms with Crippen LogP contribution in [0.4, 0.5) is 5.95 Å². The van der Waals surface area contributed by atoms with Crippen molar-refractivity contribution in [3.05, 3.63) is 34.6 Å². The summed E-state index contributed by atoms with van der Waals surface area (Å²) in [6, 6.07) is 0. The highest BCUT2D eigenvalue weighted by atomic mass is 32.1. The Morgan fingerprint density at radius 3 is 2.95 bits per heavy atom. The molecule has 0 bridgehead atoms. The molecule has 0 aliphatic carbocycles. The second kappa shape index (κ2) is 5.57. The standard InChI is InChI=1S/C15H19N5OS/c16-14-17-8-12-1-6-21-15(13(12)19-14)2-4-20(5-3-15)9-11-7-18-22-10-11/h7-8,10H,1-6,9H2,(H2,16,17,19). The molecule has 116 valence electrons. The molecule has 2 aromatic heterocycles. The predicted molar refractivity (Wildman–Crippen MR) is 84.4 cm³/mol. The van der Waals surface area contributed by atoms with Gasteiger partial charge in [-0.05, 0) is 41.9 Å². The summed E-state index contributed by atoms with van der Waals surface area (Å²) in [6.45, 7) is 3.71. The monoisotopic (exact) mass is 317 g/mol. The van der Waals surface area contributed by atoms with Crippen molar-refractivity contribution in [2.24, 2.45) is 0 Å². The van der Waals surface area contributed by atoms with Gasteiger partial charge in [-0.3, -0.25) is 4.90 Å². The van der Waals surface area contributed by atoms with E-state index in [1.54, 1.807) is 0 Å². The maximum Gasteiger partial charge on any atom is 0.220 e. The lowest BCUT2D eigenvalue weighted by Crippen LogP contribution is -2.47.